The molecule has 0 spiro atoms. The molecule has 0 aliphatic rings. The van der Waals surface area contributed by atoms with Gasteiger partial charge in [-0.2, -0.15) is 0 Å². The Hall–Kier alpha value is -2.09. The molecule has 2 aromatic rings. The molecule has 5 nitrogen and oxygen atoms in total. The van der Waals surface area contributed by atoms with Crippen LogP contribution >= 0.6 is 24.0 Å². The maximum absolute atomic E-state index is 11.6. The van der Waals surface area contributed by atoms with Crippen molar-refractivity contribution in [3.8, 4) is 0 Å². The summed E-state index contributed by atoms with van der Waals surface area (Å²) in [7, 11) is 5.44. The van der Waals surface area contributed by atoms with Gasteiger partial charge in [0, 0.05) is 39.8 Å². The highest BCUT2D eigenvalue weighted by atomic mass is 127. The topological polar surface area (TPSA) is 56.7 Å². The molecular weight excluding hydrogens is 451 g/mol. The normalized spacial score (nSPS) is 10.7. The molecule has 0 unspecified atom stereocenters. The van der Waals surface area contributed by atoms with E-state index in [1.54, 1.807) is 14.1 Å². The van der Waals surface area contributed by atoms with Crippen molar-refractivity contribution in [1.29, 1.82) is 0 Å². The number of carbonyl (C=O) groups is 1. The minimum atomic E-state index is -0.0749. The smallest absolute Gasteiger partial charge is 0.251 e. The van der Waals surface area contributed by atoms with Crippen molar-refractivity contribution in [3.63, 3.8) is 0 Å². The predicted molar refractivity (Wildman–Crippen MR) is 123 cm³/mol. The van der Waals surface area contributed by atoms with Crippen LogP contribution in [-0.4, -0.2) is 37.9 Å². The van der Waals surface area contributed by atoms with Gasteiger partial charge in [0.1, 0.15) is 0 Å². The number of carbonyl (C=O) groups excluding carboxylic acids is 1. The number of amides is 1. The molecule has 0 bridgehead atoms. The molecule has 0 aromatic heterocycles. The van der Waals surface area contributed by atoms with Crippen LogP contribution in [-0.2, 0) is 19.5 Å². The van der Waals surface area contributed by atoms with Gasteiger partial charge in [0.25, 0.3) is 5.91 Å². The number of guanidine groups is 1. The first kappa shape index (κ1) is 23.0. The third-order valence-corrected chi connectivity index (χ3v) is 4.32. The highest BCUT2D eigenvalue weighted by molar-refractivity contribution is 14.0. The quantitative estimate of drug-likeness (QED) is 0.379. The molecule has 0 aliphatic heterocycles. The standard InChI is InChI=1S/C21H28N4O.HI/c1-5-16-6-8-18(9-7-16)15-25(4)21(23-3)24-14-17-10-12-19(13-11-17)20(26)22-2;/h6-13H,5,14-15H2,1-4H3,(H,22,26)(H,23,24);1H. The summed E-state index contributed by atoms with van der Waals surface area (Å²) in [6.45, 7) is 3.60. The number of benzene rings is 2. The van der Waals surface area contributed by atoms with E-state index in [1.165, 1.54) is 11.1 Å². The minimum Gasteiger partial charge on any atom is -0.355 e. The summed E-state index contributed by atoms with van der Waals surface area (Å²) in [5, 5.41) is 5.99. The first-order chi connectivity index (χ1) is 12.6. The summed E-state index contributed by atoms with van der Waals surface area (Å²) < 4.78 is 0. The van der Waals surface area contributed by atoms with Crippen LogP contribution in [0, 0.1) is 0 Å². The number of hydrogen-bond acceptors (Lipinski definition) is 2. The first-order valence-corrected chi connectivity index (χ1v) is 8.88. The van der Waals surface area contributed by atoms with E-state index in [0.29, 0.717) is 12.1 Å². The van der Waals surface area contributed by atoms with Crippen molar-refractivity contribution >= 4 is 35.8 Å². The van der Waals surface area contributed by atoms with Gasteiger partial charge in [-0.3, -0.25) is 9.79 Å². The van der Waals surface area contributed by atoms with Gasteiger partial charge in [0.15, 0.2) is 5.96 Å². The third kappa shape index (κ3) is 6.86. The lowest BCUT2D eigenvalue weighted by Gasteiger charge is -2.22. The van der Waals surface area contributed by atoms with Gasteiger partial charge in [-0.05, 0) is 35.2 Å². The fourth-order valence-electron chi connectivity index (χ4n) is 2.71. The van der Waals surface area contributed by atoms with Crippen molar-refractivity contribution in [2.24, 2.45) is 4.99 Å². The zero-order valence-electron chi connectivity index (χ0n) is 16.5. The van der Waals surface area contributed by atoms with Gasteiger partial charge < -0.3 is 15.5 Å². The van der Waals surface area contributed by atoms with Crippen LogP contribution in [0.15, 0.2) is 53.5 Å². The largest absolute Gasteiger partial charge is 0.355 e. The zero-order valence-corrected chi connectivity index (χ0v) is 18.8. The zero-order chi connectivity index (χ0) is 18.9. The molecule has 0 saturated carbocycles. The van der Waals surface area contributed by atoms with E-state index in [1.807, 2.05) is 31.3 Å². The second kappa shape index (κ2) is 11.6. The summed E-state index contributed by atoms with van der Waals surface area (Å²) in [5.74, 6) is 0.758. The van der Waals surface area contributed by atoms with Crippen LogP contribution in [0.2, 0.25) is 0 Å². The van der Waals surface area contributed by atoms with Crippen molar-refractivity contribution in [2.45, 2.75) is 26.4 Å². The molecule has 0 atom stereocenters. The number of hydrogen-bond donors (Lipinski definition) is 2. The SMILES string of the molecule is CCc1ccc(CN(C)C(=NC)NCc2ccc(C(=O)NC)cc2)cc1.I. The fraction of sp³-hybridized carbons (Fsp3) is 0.333. The van der Waals surface area contributed by atoms with Crippen LogP contribution in [0.1, 0.15) is 34.0 Å². The Morgan fingerprint density at radius 3 is 2.07 bits per heavy atom. The second-order valence-electron chi connectivity index (χ2n) is 6.20. The van der Waals surface area contributed by atoms with Gasteiger partial charge in [0.2, 0.25) is 0 Å². The predicted octanol–water partition coefficient (Wildman–Crippen LogP) is 3.43. The summed E-state index contributed by atoms with van der Waals surface area (Å²) in [4.78, 5) is 18.0. The summed E-state index contributed by atoms with van der Waals surface area (Å²) in [5.41, 5.74) is 4.36. The first-order valence-electron chi connectivity index (χ1n) is 8.88. The Kier molecular flexibility index (Phi) is 9.85. The molecule has 0 radical (unpaired) electrons. The van der Waals surface area contributed by atoms with E-state index in [2.05, 4.69) is 51.7 Å². The number of aryl methyl sites for hydroxylation is 1. The van der Waals surface area contributed by atoms with E-state index < -0.39 is 0 Å². The summed E-state index contributed by atoms with van der Waals surface area (Å²) in [6.07, 6.45) is 1.05. The molecule has 0 fully saturated rings. The van der Waals surface area contributed by atoms with Gasteiger partial charge in [0.05, 0.1) is 0 Å². The van der Waals surface area contributed by atoms with Crippen LogP contribution in [0.5, 0.6) is 0 Å². The van der Waals surface area contributed by atoms with E-state index in [0.717, 1.165) is 24.5 Å². The molecular formula is C21H29IN4O. The van der Waals surface area contributed by atoms with E-state index >= 15 is 0 Å². The summed E-state index contributed by atoms with van der Waals surface area (Å²) in [6, 6.07) is 16.2. The van der Waals surface area contributed by atoms with Crippen LogP contribution in [0.25, 0.3) is 0 Å². The van der Waals surface area contributed by atoms with Crippen molar-refractivity contribution < 1.29 is 4.79 Å². The lowest BCUT2D eigenvalue weighted by molar-refractivity contribution is 0.0963. The number of nitrogens with one attached hydrogen (secondary N) is 2. The lowest BCUT2D eigenvalue weighted by atomic mass is 10.1. The number of rotatable bonds is 6. The Balaban J connectivity index is 0.00000364. The molecule has 0 saturated heterocycles. The highest BCUT2D eigenvalue weighted by Gasteiger charge is 2.07. The number of nitrogens with zero attached hydrogens (tertiary/aromatic N) is 2. The fourth-order valence-corrected chi connectivity index (χ4v) is 2.71. The van der Waals surface area contributed by atoms with E-state index in [9.17, 15) is 4.79 Å². The van der Waals surface area contributed by atoms with Crippen molar-refractivity contribution in [2.75, 3.05) is 21.1 Å². The molecule has 27 heavy (non-hydrogen) atoms. The molecule has 1 amide bonds. The molecule has 0 aliphatic carbocycles. The third-order valence-electron chi connectivity index (χ3n) is 4.32. The van der Waals surface area contributed by atoms with E-state index in [-0.39, 0.29) is 29.9 Å². The monoisotopic (exact) mass is 480 g/mol. The molecule has 0 heterocycles. The van der Waals surface area contributed by atoms with Crippen LogP contribution < -0.4 is 10.6 Å². The van der Waals surface area contributed by atoms with Crippen LogP contribution in [0.4, 0.5) is 0 Å². The Bertz CT molecular complexity index is 742. The van der Waals surface area contributed by atoms with Gasteiger partial charge in [-0.25, -0.2) is 0 Å². The van der Waals surface area contributed by atoms with Crippen molar-refractivity contribution in [1.82, 2.24) is 15.5 Å². The van der Waals surface area contributed by atoms with Gasteiger partial charge >= 0.3 is 0 Å². The molecule has 6 heteroatoms. The summed E-state index contributed by atoms with van der Waals surface area (Å²) >= 11 is 0. The van der Waals surface area contributed by atoms with Gasteiger partial charge in [-0.15, -0.1) is 24.0 Å². The maximum Gasteiger partial charge on any atom is 0.251 e. The number of halogens is 1. The highest BCUT2D eigenvalue weighted by Crippen LogP contribution is 2.08. The maximum atomic E-state index is 11.6. The minimum absolute atomic E-state index is 0. The van der Waals surface area contributed by atoms with Gasteiger partial charge in [-0.1, -0.05) is 43.3 Å². The molecule has 2 aromatic carbocycles. The molecule has 2 N–H and O–H groups in total. The van der Waals surface area contributed by atoms with Crippen LogP contribution in [0.3, 0.4) is 0 Å². The van der Waals surface area contributed by atoms with Crippen molar-refractivity contribution in [3.05, 3.63) is 70.8 Å². The Morgan fingerprint density at radius 2 is 1.56 bits per heavy atom. The molecule has 2 rings (SSSR count). The van der Waals surface area contributed by atoms with E-state index in [4.69, 9.17) is 0 Å². The number of aliphatic imine (C=N–C) groups is 1. The lowest BCUT2D eigenvalue weighted by Crippen LogP contribution is -2.38. The molecule has 146 valence electrons. The average molecular weight is 480 g/mol. The Morgan fingerprint density at radius 1 is 1.00 bits per heavy atom. The Labute approximate surface area is 179 Å². The average Bonchev–Trinajstić information content (AvgIpc) is 2.69. The second-order valence-corrected chi connectivity index (χ2v) is 6.20.